The monoisotopic (exact) mass is 353 g/mol. The van der Waals surface area contributed by atoms with Gasteiger partial charge in [-0.3, -0.25) is 0 Å². The van der Waals surface area contributed by atoms with Crippen molar-refractivity contribution in [3.63, 3.8) is 0 Å². The summed E-state index contributed by atoms with van der Waals surface area (Å²) in [4.78, 5) is 0. The first kappa shape index (κ1) is 15.5. The molecule has 0 bridgehead atoms. The van der Waals surface area contributed by atoms with Crippen molar-refractivity contribution >= 4 is 15.9 Å². The third-order valence-corrected chi connectivity index (χ3v) is 5.46. The maximum Gasteiger partial charge on any atom is 0.0940 e. The lowest BCUT2D eigenvalue weighted by molar-refractivity contribution is -0.103. The summed E-state index contributed by atoms with van der Waals surface area (Å²) >= 11 is 3.71. The molecule has 2 saturated heterocycles. The Morgan fingerprint density at radius 1 is 1.38 bits per heavy atom. The van der Waals surface area contributed by atoms with E-state index < -0.39 is 0 Å². The van der Waals surface area contributed by atoms with E-state index in [1.165, 1.54) is 10.0 Å². The predicted molar refractivity (Wildman–Crippen MR) is 87.4 cm³/mol. The molecule has 3 unspecified atom stereocenters. The second kappa shape index (κ2) is 6.78. The third-order valence-electron chi connectivity index (χ3n) is 4.73. The second-order valence-electron chi connectivity index (χ2n) is 6.14. The summed E-state index contributed by atoms with van der Waals surface area (Å²) in [5, 5.41) is 3.69. The van der Waals surface area contributed by atoms with E-state index in [9.17, 15) is 0 Å². The van der Waals surface area contributed by atoms with E-state index in [4.69, 9.17) is 9.47 Å². The fourth-order valence-electron chi connectivity index (χ4n) is 3.69. The summed E-state index contributed by atoms with van der Waals surface area (Å²) in [6.45, 7) is 5.61. The van der Waals surface area contributed by atoms with Crippen molar-refractivity contribution in [3.8, 4) is 0 Å². The number of hydrogen-bond acceptors (Lipinski definition) is 3. The lowest BCUT2D eigenvalue weighted by Gasteiger charge is -2.41. The van der Waals surface area contributed by atoms with E-state index in [1.54, 1.807) is 0 Å². The van der Waals surface area contributed by atoms with E-state index >= 15 is 0 Å². The Balaban J connectivity index is 1.82. The maximum atomic E-state index is 6.09. The molecular formula is C17H24BrNO2. The first-order valence-corrected chi connectivity index (χ1v) is 8.73. The molecule has 3 atom stereocenters. The smallest absolute Gasteiger partial charge is 0.0940 e. The quantitative estimate of drug-likeness (QED) is 0.895. The van der Waals surface area contributed by atoms with E-state index in [-0.39, 0.29) is 5.60 Å². The zero-order valence-corrected chi connectivity index (χ0v) is 14.2. The lowest BCUT2D eigenvalue weighted by atomic mass is 9.79. The zero-order valence-electron chi connectivity index (χ0n) is 12.6. The molecule has 2 aliphatic heterocycles. The molecule has 116 valence electrons. The van der Waals surface area contributed by atoms with Crippen molar-refractivity contribution in [1.82, 2.24) is 5.32 Å². The molecule has 0 amide bonds. The number of hydrogen-bond donors (Lipinski definition) is 1. The Bertz CT molecular complexity index is 474. The van der Waals surface area contributed by atoms with E-state index in [1.807, 2.05) is 0 Å². The highest BCUT2D eigenvalue weighted by atomic mass is 79.9. The van der Waals surface area contributed by atoms with Gasteiger partial charge >= 0.3 is 0 Å². The van der Waals surface area contributed by atoms with Gasteiger partial charge in [-0.2, -0.15) is 0 Å². The minimum absolute atomic E-state index is 0.0299. The largest absolute Gasteiger partial charge is 0.378 e. The van der Waals surface area contributed by atoms with Gasteiger partial charge in [-0.25, -0.2) is 0 Å². The molecule has 1 spiro atoms. The van der Waals surface area contributed by atoms with E-state index in [2.05, 4.69) is 52.4 Å². The molecule has 2 fully saturated rings. The summed E-state index contributed by atoms with van der Waals surface area (Å²) < 4.78 is 12.9. The molecule has 1 aromatic carbocycles. The van der Waals surface area contributed by atoms with Gasteiger partial charge in [0.15, 0.2) is 0 Å². The van der Waals surface area contributed by atoms with Gasteiger partial charge in [0.25, 0.3) is 0 Å². The van der Waals surface area contributed by atoms with Crippen molar-refractivity contribution in [2.75, 3.05) is 26.4 Å². The zero-order chi connectivity index (χ0) is 14.7. The second-order valence-corrected chi connectivity index (χ2v) is 7.00. The molecule has 21 heavy (non-hydrogen) atoms. The van der Waals surface area contributed by atoms with E-state index in [0.717, 1.165) is 45.6 Å². The van der Waals surface area contributed by atoms with Crippen LogP contribution in [0.3, 0.4) is 0 Å². The first-order chi connectivity index (χ1) is 10.2. The van der Waals surface area contributed by atoms with Crippen LogP contribution in [0.5, 0.6) is 0 Å². The van der Waals surface area contributed by atoms with Crippen LogP contribution >= 0.6 is 15.9 Å². The Labute approximate surface area is 135 Å². The Hall–Kier alpha value is -0.420. The molecule has 1 N–H and O–H groups in total. The van der Waals surface area contributed by atoms with Gasteiger partial charge < -0.3 is 14.8 Å². The Morgan fingerprint density at radius 3 is 2.95 bits per heavy atom. The van der Waals surface area contributed by atoms with Crippen molar-refractivity contribution in [2.24, 2.45) is 5.92 Å². The maximum absolute atomic E-state index is 6.09. The van der Waals surface area contributed by atoms with Gasteiger partial charge in [-0.05, 0) is 36.9 Å². The molecule has 2 heterocycles. The van der Waals surface area contributed by atoms with Crippen molar-refractivity contribution in [1.29, 1.82) is 0 Å². The Kier molecular flexibility index (Phi) is 4.99. The summed E-state index contributed by atoms with van der Waals surface area (Å²) in [5.41, 5.74) is 1.33. The minimum atomic E-state index is -0.0299. The highest BCUT2D eigenvalue weighted by Crippen LogP contribution is 2.42. The predicted octanol–water partition coefficient (Wildman–Crippen LogP) is 3.69. The SMILES string of the molecule is CCNC(c1ccccc1Br)C1CCOC2(CCOC2)C1. The first-order valence-electron chi connectivity index (χ1n) is 7.93. The molecule has 4 heteroatoms. The van der Waals surface area contributed by atoms with Crippen LogP contribution in [-0.4, -0.2) is 32.0 Å². The minimum Gasteiger partial charge on any atom is -0.378 e. The van der Waals surface area contributed by atoms with Crippen LogP contribution in [0.25, 0.3) is 0 Å². The molecule has 0 aromatic heterocycles. The van der Waals surface area contributed by atoms with Crippen LogP contribution in [0, 0.1) is 5.92 Å². The average Bonchev–Trinajstić information content (AvgIpc) is 2.93. The van der Waals surface area contributed by atoms with Crippen molar-refractivity contribution in [3.05, 3.63) is 34.3 Å². The van der Waals surface area contributed by atoms with E-state index in [0.29, 0.717) is 12.0 Å². The summed E-state index contributed by atoms with van der Waals surface area (Å²) in [5.74, 6) is 0.596. The molecule has 0 saturated carbocycles. The summed E-state index contributed by atoms with van der Waals surface area (Å²) in [6.07, 6.45) is 3.24. The van der Waals surface area contributed by atoms with Crippen LogP contribution in [0.2, 0.25) is 0 Å². The van der Waals surface area contributed by atoms with Crippen LogP contribution in [0.1, 0.15) is 37.8 Å². The van der Waals surface area contributed by atoms with Gasteiger partial charge in [0.2, 0.25) is 0 Å². The highest BCUT2D eigenvalue weighted by Gasteiger charge is 2.43. The third kappa shape index (κ3) is 3.34. The normalized spacial score (nSPS) is 30.7. The summed E-state index contributed by atoms with van der Waals surface area (Å²) in [7, 11) is 0. The van der Waals surface area contributed by atoms with Crippen LogP contribution in [0.15, 0.2) is 28.7 Å². The van der Waals surface area contributed by atoms with Crippen molar-refractivity contribution < 1.29 is 9.47 Å². The molecule has 3 nitrogen and oxygen atoms in total. The Morgan fingerprint density at radius 2 is 2.24 bits per heavy atom. The number of ether oxygens (including phenoxy) is 2. The van der Waals surface area contributed by atoms with Crippen molar-refractivity contribution in [2.45, 2.75) is 37.8 Å². The summed E-state index contributed by atoms with van der Waals surface area (Å²) in [6, 6.07) is 8.94. The standard InChI is InChI=1S/C17H24BrNO2/c1-2-19-16(14-5-3-4-6-15(14)18)13-7-9-21-17(11-13)8-10-20-12-17/h3-6,13,16,19H,2,7-12H2,1H3. The fourth-order valence-corrected chi connectivity index (χ4v) is 4.22. The topological polar surface area (TPSA) is 30.5 Å². The number of nitrogens with one attached hydrogen (secondary N) is 1. The van der Waals surface area contributed by atoms with Gasteiger partial charge in [0.1, 0.15) is 0 Å². The van der Waals surface area contributed by atoms with Crippen LogP contribution in [-0.2, 0) is 9.47 Å². The molecular weight excluding hydrogens is 330 g/mol. The highest BCUT2D eigenvalue weighted by molar-refractivity contribution is 9.10. The lowest BCUT2D eigenvalue weighted by Crippen LogP contribution is -2.44. The van der Waals surface area contributed by atoms with Gasteiger partial charge in [0.05, 0.1) is 12.2 Å². The van der Waals surface area contributed by atoms with Crippen LogP contribution in [0.4, 0.5) is 0 Å². The average molecular weight is 354 g/mol. The van der Waals surface area contributed by atoms with Crippen LogP contribution < -0.4 is 5.32 Å². The van der Waals surface area contributed by atoms with Gasteiger partial charge in [-0.1, -0.05) is 41.1 Å². The number of benzene rings is 1. The molecule has 0 radical (unpaired) electrons. The molecule has 2 aliphatic rings. The molecule has 3 rings (SSSR count). The number of rotatable bonds is 4. The fraction of sp³-hybridized carbons (Fsp3) is 0.647. The van der Waals surface area contributed by atoms with Gasteiger partial charge in [-0.15, -0.1) is 0 Å². The molecule has 0 aliphatic carbocycles. The number of halogens is 1. The van der Waals surface area contributed by atoms with Gasteiger partial charge in [0, 0.05) is 30.1 Å². The molecule has 1 aromatic rings.